The van der Waals surface area contributed by atoms with Gasteiger partial charge < -0.3 is 15.3 Å². The van der Waals surface area contributed by atoms with E-state index in [1.54, 1.807) is 29.0 Å². The number of para-hydroxylation sites is 1. The van der Waals surface area contributed by atoms with Gasteiger partial charge in [-0.15, -0.1) is 0 Å². The number of phenolic OH excluding ortho intramolecular Hbond substituents is 1. The van der Waals surface area contributed by atoms with E-state index in [1.807, 2.05) is 6.07 Å². The number of benzene rings is 1. The minimum Gasteiger partial charge on any atom is -0.508 e. The summed E-state index contributed by atoms with van der Waals surface area (Å²) in [7, 11) is 0. The van der Waals surface area contributed by atoms with Crippen LogP contribution in [0.15, 0.2) is 30.3 Å². The molecule has 1 aromatic rings. The Morgan fingerprint density at radius 1 is 1.00 bits per heavy atom. The number of hydrogen-bond acceptors (Lipinski definition) is 1. The average molecular weight is 272 g/mol. The lowest BCUT2D eigenvalue weighted by Gasteiger charge is -2.57. The molecule has 20 heavy (non-hydrogen) atoms. The molecular weight excluding hydrogens is 248 g/mol. The summed E-state index contributed by atoms with van der Waals surface area (Å²) < 4.78 is 1.73. The maximum absolute atomic E-state index is 9.97. The van der Waals surface area contributed by atoms with E-state index in [0.29, 0.717) is 11.8 Å². The lowest BCUT2D eigenvalue weighted by molar-refractivity contribution is -0.756. The zero-order valence-corrected chi connectivity index (χ0v) is 12.0. The fourth-order valence-electron chi connectivity index (χ4n) is 4.47. The van der Waals surface area contributed by atoms with E-state index in [4.69, 9.17) is 5.11 Å². The molecule has 3 aliphatic rings. The third kappa shape index (κ3) is 2.23. The van der Waals surface area contributed by atoms with Crippen molar-refractivity contribution in [3.63, 3.8) is 0 Å². The normalized spacial score (nSPS) is 34.9. The number of aromatic hydroxyl groups is 1. The molecule has 0 radical (unpaired) electrons. The van der Waals surface area contributed by atoms with Crippen LogP contribution >= 0.6 is 0 Å². The third-order valence-electron chi connectivity index (χ3n) is 5.42. The zero-order chi connectivity index (χ0) is 14.0. The van der Waals surface area contributed by atoms with E-state index in [2.05, 4.69) is 0 Å². The molecule has 4 rings (SSSR count). The fraction of sp³-hybridized carbons (Fsp3) is 0.647. The molecule has 3 nitrogen and oxygen atoms in total. The van der Waals surface area contributed by atoms with Crippen LogP contribution in [0.5, 0.6) is 5.75 Å². The van der Waals surface area contributed by atoms with Gasteiger partial charge in [-0.3, -0.25) is 0 Å². The smallest absolute Gasteiger partial charge is 0.160 e. The van der Waals surface area contributed by atoms with E-state index in [-0.39, 0.29) is 5.54 Å². The first-order chi connectivity index (χ1) is 9.74. The van der Waals surface area contributed by atoms with Crippen molar-refractivity contribution in [2.24, 2.45) is 5.92 Å². The quantitative estimate of drug-likeness (QED) is 0.703. The third-order valence-corrected chi connectivity index (χ3v) is 5.42. The lowest BCUT2D eigenvalue weighted by atomic mass is 9.59. The Balaban J connectivity index is 0.000000147. The zero-order valence-electron chi connectivity index (χ0n) is 12.0. The van der Waals surface area contributed by atoms with Gasteiger partial charge >= 0.3 is 0 Å². The molecule has 0 aromatic heterocycles. The molecule has 2 aliphatic heterocycles. The maximum Gasteiger partial charge on any atom is 0.160 e. The summed E-state index contributed by atoms with van der Waals surface area (Å²) in [5, 5.41) is 8.63. The summed E-state index contributed by atoms with van der Waals surface area (Å²) in [5.74, 6) is 1.16. The molecule has 0 amide bonds. The predicted octanol–water partition coefficient (Wildman–Crippen LogP) is 4.30. The van der Waals surface area contributed by atoms with Crippen LogP contribution in [-0.2, 0) is 0 Å². The van der Waals surface area contributed by atoms with Crippen LogP contribution in [0.3, 0.4) is 0 Å². The highest BCUT2D eigenvalue weighted by molar-refractivity contribution is 5.18. The molecule has 2 saturated heterocycles. The molecule has 1 saturated carbocycles. The lowest BCUT2D eigenvalue weighted by Crippen LogP contribution is -2.69. The van der Waals surface area contributed by atoms with Crippen molar-refractivity contribution in [2.45, 2.75) is 62.9 Å². The number of nitrogens with zero attached hydrogens (tertiary/aromatic N) is 2. The molecule has 3 fully saturated rings. The van der Waals surface area contributed by atoms with Crippen LogP contribution in [-0.4, -0.2) is 21.4 Å². The van der Waals surface area contributed by atoms with Gasteiger partial charge in [0.05, 0.1) is 5.92 Å². The second-order valence-electron chi connectivity index (χ2n) is 6.45. The Labute approximate surface area is 121 Å². The van der Waals surface area contributed by atoms with Gasteiger partial charge in [0, 0.05) is 19.3 Å². The molecule has 3 atom stereocenters. The Kier molecular flexibility index (Phi) is 3.77. The van der Waals surface area contributed by atoms with Crippen LogP contribution in [0.4, 0.5) is 0 Å². The van der Waals surface area contributed by atoms with Gasteiger partial charge in [-0.25, -0.2) is 0 Å². The Morgan fingerprint density at radius 2 is 1.75 bits per heavy atom. The summed E-state index contributed by atoms with van der Waals surface area (Å²) in [5.41, 5.74) is 10.2. The first-order valence-corrected chi connectivity index (χ1v) is 7.96. The minimum absolute atomic E-state index is 0.249. The minimum atomic E-state index is 0.249. The van der Waals surface area contributed by atoms with Crippen molar-refractivity contribution in [3.05, 3.63) is 35.9 Å². The van der Waals surface area contributed by atoms with E-state index in [0.717, 1.165) is 5.92 Å². The molecule has 1 N–H and O–H groups in total. The van der Waals surface area contributed by atoms with E-state index in [9.17, 15) is 5.53 Å². The van der Waals surface area contributed by atoms with Crippen molar-refractivity contribution in [1.82, 2.24) is 0 Å². The molecule has 108 valence electrons. The van der Waals surface area contributed by atoms with Crippen molar-refractivity contribution >= 4 is 0 Å². The monoisotopic (exact) mass is 272 g/mol. The molecule has 2 bridgehead atoms. The van der Waals surface area contributed by atoms with Gasteiger partial charge in [-0.1, -0.05) is 31.0 Å². The number of fused-ring (bicyclic) bond motifs is 2. The standard InChI is InChI=1S/C11H18N2.C6H6O/c12-13-10-6-4-8-11(13)7-3-1-2-5-9(10)11;7-6-4-2-1-3-5-6/h9-10H,1-8H2;1-5,7H. The van der Waals surface area contributed by atoms with E-state index >= 15 is 0 Å². The molecule has 2 heterocycles. The average Bonchev–Trinajstić information content (AvgIpc) is 2.68. The number of hydrogen-bond donors (Lipinski definition) is 1. The van der Waals surface area contributed by atoms with Gasteiger partial charge in [0.25, 0.3) is 0 Å². The predicted molar refractivity (Wildman–Crippen MR) is 78.7 cm³/mol. The van der Waals surface area contributed by atoms with Crippen LogP contribution in [0.25, 0.3) is 5.53 Å². The second kappa shape index (κ2) is 5.55. The Morgan fingerprint density at radius 3 is 2.40 bits per heavy atom. The molecule has 3 heteroatoms. The van der Waals surface area contributed by atoms with Crippen molar-refractivity contribution < 1.29 is 9.80 Å². The molecular formula is C17H24N2O. The van der Waals surface area contributed by atoms with Gasteiger partial charge in [0.15, 0.2) is 11.6 Å². The summed E-state index contributed by atoms with van der Waals surface area (Å²) >= 11 is 0. The first-order valence-electron chi connectivity index (χ1n) is 7.96. The van der Waals surface area contributed by atoms with Gasteiger partial charge in [-0.2, -0.15) is 0 Å². The number of phenols is 1. The second-order valence-corrected chi connectivity index (χ2v) is 6.45. The number of rotatable bonds is 0. The van der Waals surface area contributed by atoms with Crippen LogP contribution in [0.2, 0.25) is 0 Å². The van der Waals surface area contributed by atoms with Gasteiger partial charge in [-0.05, 0) is 31.4 Å². The van der Waals surface area contributed by atoms with Crippen LogP contribution < -0.4 is 0 Å². The van der Waals surface area contributed by atoms with Crippen molar-refractivity contribution in [1.29, 1.82) is 0 Å². The van der Waals surface area contributed by atoms with E-state index < -0.39 is 0 Å². The first kappa shape index (κ1) is 13.6. The highest BCUT2D eigenvalue weighted by Crippen LogP contribution is 2.54. The van der Waals surface area contributed by atoms with Gasteiger partial charge in [0.2, 0.25) is 0 Å². The molecule has 1 spiro atoms. The number of piperidine rings is 1. The SMILES string of the molecule is Oc1ccccc1.[N-]=[N+]1C2CCCC13CCCCCC23. The van der Waals surface area contributed by atoms with Gasteiger partial charge in [0.1, 0.15) is 5.75 Å². The maximum atomic E-state index is 9.97. The van der Waals surface area contributed by atoms with Crippen molar-refractivity contribution in [3.8, 4) is 5.75 Å². The topological polar surface area (TPSA) is 45.5 Å². The molecule has 3 unspecified atom stereocenters. The molecule has 1 aromatic carbocycles. The summed E-state index contributed by atoms with van der Waals surface area (Å²) in [6, 6.07) is 9.25. The summed E-state index contributed by atoms with van der Waals surface area (Å²) in [4.78, 5) is 0. The van der Waals surface area contributed by atoms with Crippen LogP contribution in [0, 0.1) is 5.92 Å². The largest absolute Gasteiger partial charge is 0.508 e. The highest BCUT2D eigenvalue weighted by Gasteiger charge is 2.64. The van der Waals surface area contributed by atoms with Crippen LogP contribution in [0.1, 0.15) is 51.4 Å². The Hall–Kier alpha value is -1.38. The fourth-order valence-corrected chi connectivity index (χ4v) is 4.47. The Bertz CT molecular complexity index is 473. The summed E-state index contributed by atoms with van der Waals surface area (Å²) in [6.07, 6.45) is 10.6. The molecule has 1 aliphatic carbocycles. The summed E-state index contributed by atoms with van der Waals surface area (Å²) in [6.45, 7) is 0. The van der Waals surface area contributed by atoms with Crippen molar-refractivity contribution in [2.75, 3.05) is 0 Å². The highest BCUT2D eigenvalue weighted by atomic mass is 16.3. The van der Waals surface area contributed by atoms with E-state index in [1.165, 1.54) is 51.4 Å².